The number of hydrogen-bond donors (Lipinski definition) is 0. The van der Waals surface area contributed by atoms with Gasteiger partial charge in [-0.2, -0.15) is 0 Å². The molecule has 0 saturated heterocycles. The number of aromatic nitrogens is 1. The Bertz CT molecular complexity index is 1540. The van der Waals surface area contributed by atoms with E-state index >= 15 is 0 Å². The Hall–Kier alpha value is -3.73. The maximum absolute atomic E-state index is 6.02. The molecule has 2 unspecified atom stereocenters. The lowest BCUT2D eigenvalue weighted by atomic mass is 9.74. The van der Waals surface area contributed by atoms with Gasteiger partial charge in [0, 0.05) is 23.4 Å². The van der Waals surface area contributed by atoms with E-state index in [0.29, 0.717) is 5.88 Å². The van der Waals surface area contributed by atoms with Crippen LogP contribution in [-0.2, 0) is 6.54 Å². The van der Waals surface area contributed by atoms with Gasteiger partial charge in [-0.3, -0.25) is 0 Å². The third kappa shape index (κ3) is 5.98. The topological polar surface area (TPSA) is 28.6 Å². The molecule has 0 spiro atoms. The predicted octanol–water partition coefficient (Wildman–Crippen LogP) is 7.33. The summed E-state index contributed by atoms with van der Waals surface area (Å²) in [6.45, 7) is 1.87. The van der Waals surface area contributed by atoms with Crippen molar-refractivity contribution in [3.05, 3.63) is 119 Å². The first-order chi connectivity index (χ1) is 18.9. The summed E-state index contributed by atoms with van der Waals surface area (Å²) in [5.74, 6) is 0.993. The molecule has 5 aromatic rings. The van der Waals surface area contributed by atoms with Crippen LogP contribution in [0.4, 0.5) is 0 Å². The first-order valence-corrected chi connectivity index (χ1v) is 13.7. The van der Waals surface area contributed by atoms with Crippen LogP contribution in [0.1, 0.15) is 40.5 Å². The van der Waals surface area contributed by atoms with Crippen molar-refractivity contribution in [1.29, 1.82) is 0 Å². The standard InChI is InChI=1S/C35H39N3O/c1-37(2)21-20-31(30-17-11-15-26-12-9-10-16-29(26)30)34(27-13-7-6-8-14-27)32-23-28-22-25(24-38(3)4)18-19-33(28)36-35(32)39-5/h6-19,22-23,31,34H,20-21,24H2,1-5H3. The Labute approximate surface area is 232 Å². The third-order valence-electron chi connectivity index (χ3n) is 7.57. The van der Waals surface area contributed by atoms with E-state index in [4.69, 9.17) is 9.72 Å². The van der Waals surface area contributed by atoms with Gasteiger partial charge in [0.2, 0.25) is 5.88 Å². The summed E-state index contributed by atoms with van der Waals surface area (Å²) in [5.41, 5.74) is 6.01. The third-order valence-corrected chi connectivity index (χ3v) is 7.57. The van der Waals surface area contributed by atoms with Crippen LogP contribution in [0.3, 0.4) is 0 Å². The van der Waals surface area contributed by atoms with Gasteiger partial charge >= 0.3 is 0 Å². The van der Waals surface area contributed by atoms with E-state index in [-0.39, 0.29) is 11.8 Å². The number of fused-ring (bicyclic) bond motifs is 2. The van der Waals surface area contributed by atoms with Crippen LogP contribution < -0.4 is 4.74 Å². The first kappa shape index (κ1) is 26.9. The largest absolute Gasteiger partial charge is 0.481 e. The molecule has 0 radical (unpaired) electrons. The van der Waals surface area contributed by atoms with E-state index in [2.05, 4.69) is 135 Å². The number of methoxy groups -OCH3 is 1. The Morgan fingerprint density at radius 1 is 0.718 bits per heavy atom. The highest BCUT2D eigenvalue weighted by Gasteiger charge is 2.31. The summed E-state index contributed by atoms with van der Waals surface area (Å²) in [6, 6.07) is 35.2. The summed E-state index contributed by atoms with van der Waals surface area (Å²) >= 11 is 0. The van der Waals surface area contributed by atoms with Crippen molar-refractivity contribution in [3.8, 4) is 5.88 Å². The Morgan fingerprint density at radius 3 is 2.21 bits per heavy atom. The summed E-state index contributed by atoms with van der Waals surface area (Å²) in [6.07, 6.45) is 1.00. The maximum Gasteiger partial charge on any atom is 0.217 e. The van der Waals surface area contributed by atoms with Gasteiger partial charge < -0.3 is 14.5 Å². The monoisotopic (exact) mass is 517 g/mol. The van der Waals surface area contributed by atoms with Gasteiger partial charge in [0.15, 0.2) is 0 Å². The van der Waals surface area contributed by atoms with Crippen molar-refractivity contribution in [3.63, 3.8) is 0 Å². The number of rotatable bonds is 10. The summed E-state index contributed by atoms with van der Waals surface area (Å²) in [4.78, 5) is 9.53. The number of hydrogen-bond acceptors (Lipinski definition) is 4. The zero-order valence-electron chi connectivity index (χ0n) is 23.8. The molecule has 4 aromatic carbocycles. The predicted molar refractivity (Wildman–Crippen MR) is 164 cm³/mol. The molecule has 0 aliphatic carbocycles. The van der Waals surface area contributed by atoms with Crippen molar-refractivity contribution >= 4 is 21.7 Å². The molecule has 4 heteroatoms. The Kier molecular flexibility index (Phi) is 8.25. The summed E-state index contributed by atoms with van der Waals surface area (Å²) < 4.78 is 6.02. The zero-order valence-corrected chi connectivity index (χ0v) is 23.8. The second-order valence-electron chi connectivity index (χ2n) is 11.0. The number of pyridine rings is 1. The van der Waals surface area contributed by atoms with E-state index in [1.54, 1.807) is 7.11 Å². The fourth-order valence-corrected chi connectivity index (χ4v) is 5.84. The van der Waals surface area contributed by atoms with Crippen LogP contribution in [0.2, 0.25) is 0 Å². The smallest absolute Gasteiger partial charge is 0.217 e. The van der Waals surface area contributed by atoms with E-state index < -0.39 is 0 Å². The van der Waals surface area contributed by atoms with Gasteiger partial charge in [-0.25, -0.2) is 4.98 Å². The van der Waals surface area contributed by atoms with Gasteiger partial charge in [-0.15, -0.1) is 0 Å². The first-order valence-electron chi connectivity index (χ1n) is 13.7. The SMILES string of the molecule is COc1nc2ccc(CN(C)C)cc2cc1C(c1ccccc1)C(CCN(C)C)c1cccc2ccccc12. The van der Waals surface area contributed by atoms with Gasteiger partial charge in [0.25, 0.3) is 0 Å². The molecule has 0 aliphatic heterocycles. The normalized spacial score (nSPS) is 13.3. The molecule has 0 aliphatic rings. The minimum atomic E-state index is 0.0707. The Morgan fingerprint density at radius 2 is 1.46 bits per heavy atom. The molecule has 4 nitrogen and oxygen atoms in total. The van der Waals surface area contributed by atoms with Crippen LogP contribution in [0.5, 0.6) is 5.88 Å². The van der Waals surface area contributed by atoms with Crippen molar-refractivity contribution in [2.75, 3.05) is 41.8 Å². The van der Waals surface area contributed by atoms with Crippen molar-refractivity contribution in [2.24, 2.45) is 0 Å². The molecule has 2 atom stereocenters. The summed E-state index contributed by atoms with van der Waals surface area (Å²) in [7, 11) is 10.3. The molecular weight excluding hydrogens is 478 g/mol. The van der Waals surface area contributed by atoms with Gasteiger partial charge in [-0.1, -0.05) is 78.9 Å². The summed E-state index contributed by atoms with van der Waals surface area (Å²) in [5, 5.41) is 3.73. The minimum absolute atomic E-state index is 0.0707. The highest BCUT2D eigenvalue weighted by molar-refractivity contribution is 5.86. The highest BCUT2D eigenvalue weighted by Crippen LogP contribution is 2.46. The maximum atomic E-state index is 6.02. The fourth-order valence-electron chi connectivity index (χ4n) is 5.84. The molecule has 0 N–H and O–H groups in total. The van der Waals surface area contributed by atoms with Crippen LogP contribution in [-0.4, -0.2) is 56.6 Å². The minimum Gasteiger partial charge on any atom is -0.481 e. The van der Waals surface area contributed by atoms with Crippen molar-refractivity contribution < 1.29 is 4.74 Å². The molecule has 1 heterocycles. The number of ether oxygens (including phenoxy) is 1. The van der Waals surface area contributed by atoms with E-state index in [1.807, 2.05) is 0 Å². The molecule has 200 valence electrons. The van der Waals surface area contributed by atoms with Crippen molar-refractivity contribution in [2.45, 2.75) is 24.8 Å². The average molecular weight is 518 g/mol. The fraction of sp³-hybridized carbons (Fsp3) is 0.286. The number of nitrogens with zero attached hydrogens (tertiary/aromatic N) is 3. The molecular formula is C35H39N3O. The number of benzene rings is 4. The second kappa shape index (κ2) is 12.0. The van der Waals surface area contributed by atoms with E-state index in [9.17, 15) is 0 Å². The van der Waals surface area contributed by atoms with Gasteiger partial charge in [-0.05, 0) is 92.7 Å². The quantitative estimate of drug-likeness (QED) is 0.194. The van der Waals surface area contributed by atoms with Crippen LogP contribution >= 0.6 is 0 Å². The van der Waals surface area contributed by atoms with Crippen LogP contribution in [0.25, 0.3) is 21.7 Å². The molecule has 0 amide bonds. The lowest BCUT2D eigenvalue weighted by molar-refractivity contribution is 0.363. The Balaban J connectivity index is 1.76. The zero-order chi connectivity index (χ0) is 27.4. The second-order valence-corrected chi connectivity index (χ2v) is 11.0. The highest BCUT2D eigenvalue weighted by atomic mass is 16.5. The molecule has 39 heavy (non-hydrogen) atoms. The van der Waals surface area contributed by atoms with Gasteiger partial charge in [0.05, 0.1) is 12.6 Å². The van der Waals surface area contributed by atoms with Gasteiger partial charge in [0.1, 0.15) is 0 Å². The van der Waals surface area contributed by atoms with E-state index in [0.717, 1.165) is 36.0 Å². The lowest BCUT2D eigenvalue weighted by Gasteiger charge is -2.31. The lowest BCUT2D eigenvalue weighted by Crippen LogP contribution is -2.21. The molecule has 0 bridgehead atoms. The average Bonchev–Trinajstić information content (AvgIpc) is 2.94. The van der Waals surface area contributed by atoms with E-state index in [1.165, 1.54) is 27.5 Å². The molecule has 1 aromatic heterocycles. The van der Waals surface area contributed by atoms with Crippen LogP contribution in [0.15, 0.2) is 97.1 Å². The molecule has 5 rings (SSSR count). The van der Waals surface area contributed by atoms with Crippen LogP contribution in [0, 0.1) is 0 Å². The molecule has 0 saturated carbocycles. The molecule has 0 fully saturated rings. The van der Waals surface area contributed by atoms with Crippen molar-refractivity contribution in [1.82, 2.24) is 14.8 Å².